The largest absolute Gasteiger partial charge is 0.478 e. The molecule has 0 aliphatic carbocycles. The molecule has 0 bridgehead atoms. The molecular formula is C12H17N3O4. The molecule has 0 amide bonds. The van der Waals surface area contributed by atoms with E-state index < -0.39 is 10.9 Å². The number of carbonyl (C=O) groups is 1. The number of carboxylic acid groups (broad SMARTS) is 1. The monoisotopic (exact) mass is 267 g/mol. The number of nitrogens with one attached hydrogen (secondary N) is 1. The van der Waals surface area contributed by atoms with Gasteiger partial charge < -0.3 is 10.4 Å². The van der Waals surface area contributed by atoms with Gasteiger partial charge in [-0.25, -0.2) is 9.78 Å². The van der Waals surface area contributed by atoms with E-state index in [9.17, 15) is 14.9 Å². The summed E-state index contributed by atoms with van der Waals surface area (Å²) < 4.78 is 0. The number of hydrogen-bond acceptors (Lipinski definition) is 5. The fourth-order valence-corrected chi connectivity index (χ4v) is 1.25. The summed E-state index contributed by atoms with van der Waals surface area (Å²) in [5, 5.41) is 22.7. The number of aromatic carboxylic acids is 1. The summed E-state index contributed by atoms with van der Waals surface area (Å²) in [5.41, 5.74) is -0.643. The number of pyridine rings is 1. The average molecular weight is 267 g/mol. The Morgan fingerprint density at radius 1 is 1.53 bits per heavy atom. The van der Waals surface area contributed by atoms with Crippen molar-refractivity contribution in [1.29, 1.82) is 0 Å². The van der Waals surface area contributed by atoms with Crippen molar-refractivity contribution in [2.24, 2.45) is 5.41 Å². The fourth-order valence-electron chi connectivity index (χ4n) is 1.25. The molecule has 7 heteroatoms. The second kappa shape index (κ2) is 5.21. The van der Waals surface area contributed by atoms with E-state index >= 15 is 0 Å². The minimum atomic E-state index is -1.25. The SMILES string of the molecule is CC(Nc1ncc([N+](=O)[O-])cc1C(=O)O)C(C)(C)C. The predicted molar refractivity (Wildman–Crippen MR) is 70.4 cm³/mol. The highest BCUT2D eigenvalue weighted by atomic mass is 16.6. The molecule has 0 aliphatic rings. The predicted octanol–water partition coefficient (Wildman–Crippen LogP) is 2.53. The molecule has 1 aromatic heterocycles. The molecule has 1 heterocycles. The Morgan fingerprint density at radius 3 is 2.53 bits per heavy atom. The van der Waals surface area contributed by atoms with Crippen LogP contribution < -0.4 is 5.32 Å². The van der Waals surface area contributed by atoms with E-state index in [1.165, 1.54) is 0 Å². The molecule has 0 radical (unpaired) electrons. The fraction of sp³-hybridized carbons (Fsp3) is 0.500. The molecule has 0 fully saturated rings. The van der Waals surface area contributed by atoms with Gasteiger partial charge in [-0.1, -0.05) is 20.8 Å². The molecule has 7 nitrogen and oxygen atoms in total. The third-order valence-corrected chi connectivity index (χ3v) is 2.97. The maximum atomic E-state index is 11.1. The van der Waals surface area contributed by atoms with Gasteiger partial charge in [0.25, 0.3) is 5.69 Å². The Labute approximate surface area is 110 Å². The van der Waals surface area contributed by atoms with Gasteiger partial charge in [-0.15, -0.1) is 0 Å². The van der Waals surface area contributed by atoms with Crippen molar-refractivity contribution >= 4 is 17.5 Å². The molecule has 104 valence electrons. The molecule has 0 aromatic carbocycles. The molecule has 1 aromatic rings. The van der Waals surface area contributed by atoms with E-state index in [1.807, 2.05) is 27.7 Å². The summed E-state index contributed by atoms with van der Waals surface area (Å²) in [7, 11) is 0. The lowest BCUT2D eigenvalue weighted by Gasteiger charge is -2.28. The van der Waals surface area contributed by atoms with E-state index in [4.69, 9.17) is 5.11 Å². The molecule has 1 rings (SSSR count). The molecule has 0 aliphatic heterocycles. The van der Waals surface area contributed by atoms with Crippen LogP contribution in [0.5, 0.6) is 0 Å². The third kappa shape index (κ3) is 3.64. The molecule has 0 spiro atoms. The van der Waals surface area contributed by atoms with Crippen molar-refractivity contribution in [3.05, 3.63) is 27.9 Å². The van der Waals surface area contributed by atoms with Crippen LogP contribution in [0.3, 0.4) is 0 Å². The first-order chi connectivity index (χ1) is 8.62. The number of nitrogens with zero attached hydrogens (tertiary/aromatic N) is 2. The zero-order chi connectivity index (χ0) is 14.8. The van der Waals surface area contributed by atoms with Crippen LogP contribution >= 0.6 is 0 Å². The molecular weight excluding hydrogens is 250 g/mol. The molecule has 0 saturated carbocycles. The highest BCUT2D eigenvalue weighted by Crippen LogP contribution is 2.25. The number of nitro groups is 1. The average Bonchev–Trinajstić information content (AvgIpc) is 2.27. The van der Waals surface area contributed by atoms with Crippen LogP contribution in [-0.4, -0.2) is 27.0 Å². The topological polar surface area (TPSA) is 105 Å². The number of rotatable bonds is 4. The lowest BCUT2D eigenvalue weighted by molar-refractivity contribution is -0.385. The van der Waals surface area contributed by atoms with Gasteiger partial charge in [0.2, 0.25) is 0 Å². The summed E-state index contributed by atoms with van der Waals surface area (Å²) in [6, 6.07) is 0.965. The summed E-state index contributed by atoms with van der Waals surface area (Å²) in [6.07, 6.45) is 1.05. The van der Waals surface area contributed by atoms with Crippen LogP contribution in [0.25, 0.3) is 0 Å². The van der Waals surface area contributed by atoms with Crippen molar-refractivity contribution in [2.75, 3.05) is 5.32 Å². The standard InChI is InChI=1S/C12H17N3O4/c1-7(12(2,3)4)14-10-9(11(16)17)5-8(6-13-10)15(18)19/h5-7H,1-4H3,(H,13,14)(H,16,17). The van der Waals surface area contributed by atoms with Gasteiger partial charge >= 0.3 is 5.97 Å². The third-order valence-electron chi connectivity index (χ3n) is 2.97. The normalized spacial score (nSPS) is 12.8. The Balaban J connectivity index is 3.14. The number of aromatic nitrogens is 1. The lowest BCUT2D eigenvalue weighted by Crippen LogP contribution is -2.31. The Kier molecular flexibility index (Phi) is 4.08. The first-order valence-electron chi connectivity index (χ1n) is 5.77. The van der Waals surface area contributed by atoms with Gasteiger partial charge in [0.05, 0.1) is 4.92 Å². The van der Waals surface area contributed by atoms with E-state index in [0.717, 1.165) is 12.3 Å². The van der Waals surface area contributed by atoms with E-state index in [2.05, 4.69) is 10.3 Å². The quantitative estimate of drug-likeness (QED) is 0.641. The first-order valence-corrected chi connectivity index (χ1v) is 5.77. The molecule has 1 atom stereocenters. The van der Waals surface area contributed by atoms with Crippen LogP contribution in [0.1, 0.15) is 38.1 Å². The van der Waals surface area contributed by atoms with E-state index in [0.29, 0.717) is 0 Å². The van der Waals surface area contributed by atoms with Gasteiger partial charge in [0, 0.05) is 12.1 Å². The highest BCUT2D eigenvalue weighted by molar-refractivity contribution is 5.93. The van der Waals surface area contributed by atoms with Crippen molar-refractivity contribution in [2.45, 2.75) is 33.7 Å². The van der Waals surface area contributed by atoms with Crippen LogP contribution in [0.4, 0.5) is 11.5 Å². The number of anilines is 1. The van der Waals surface area contributed by atoms with Gasteiger partial charge in [0.15, 0.2) is 0 Å². The maximum absolute atomic E-state index is 11.1. The van der Waals surface area contributed by atoms with Crippen LogP contribution in [0.2, 0.25) is 0 Å². The minimum absolute atomic E-state index is 0.0421. The number of hydrogen-bond donors (Lipinski definition) is 2. The van der Waals surface area contributed by atoms with E-state index in [-0.39, 0.29) is 28.5 Å². The number of carboxylic acids is 1. The van der Waals surface area contributed by atoms with Gasteiger partial charge in [-0.2, -0.15) is 0 Å². The highest BCUT2D eigenvalue weighted by Gasteiger charge is 2.24. The zero-order valence-electron chi connectivity index (χ0n) is 11.3. The van der Waals surface area contributed by atoms with Crippen molar-refractivity contribution in [1.82, 2.24) is 4.98 Å². The lowest BCUT2D eigenvalue weighted by atomic mass is 9.88. The summed E-state index contributed by atoms with van der Waals surface area (Å²) in [4.78, 5) is 24.9. The van der Waals surface area contributed by atoms with Crippen molar-refractivity contribution < 1.29 is 14.8 Å². The smallest absolute Gasteiger partial charge is 0.339 e. The van der Waals surface area contributed by atoms with Crippen molar-refractivity contribution in [3.8, 4) is 0 Å². The molecule has 1 unspecified atom stereocenters. The summed E-state index contributed by atoms with van der Waals surface area (Å²) in [6.45, 7) is 7.89. The minimum Gasteiger partial charge on any atom is -0.478 e. The van der Waals surface area contributed by atoms with E-state index in [1.54, 1.807) is 0 Å². The van der Waals surface area contributed by atoms with Crippen LogP contribution in [0, 0.1) is 15.5 Å². The molecule has 2 N–H and O–H groups in total. The maximum Gasteiger partial charge on any atom is 0.339 e. The van der Waals surface area contributed by atoms with Crippen molar-refractivity contribution in [3.63, 3.8) is 0 Å². The van der Waals surface area contributed by atoms with Gasteiger partial charge in [-0.3, -0.25) is 10.1 Å². The second-order valence-electron chi connectivity index (χ2n) is 5.38. The second-order valence-corrected chi connectivity index (χ2v) is 5.38. The summed E-state index contributed by atoms with van der Waals surface area (Å²) in [5.74, 6) is -1.11. The Hall–Kier alpha value is -2.18. The van der Waals surface area contributed by atoms with Gasteiger partial charge in [-0.05, 0) is 12.3 Å². The van der Waals surface area contributed by atoms with Gasteiger partial charge in [0.1, 0.15) is 17.6 Å². The Bertz CT molecular complexity index is 508. The Morgan fingerprint density at radius 2 is 2.11 bits per heavy atom. The molecule has 19 heavy (non-hydrogen) atoms. The van der Waals surface area contributed by atoms with Crippen LogP contribution in [0.15, 0.2) is 12.3 Å². The van der Waals surface area contributed by atoms with Crippen LogP contribution in [-0.2, 0) is 0 Å². The summed E-state index contributed by atoms with van der Waals surface area (Å²) >= 11 is 0. The first kappa shape index (κ1) is 14.9. The zero-order valence-corrected chi connectivity index (χ0v) is 11.3. The molecule has 0 saturated heterocycles.